The predicted octanol–water partition coefficient (Wildman–Crippen LogP) is 1.77. The Hall–Kier alpha value is -1.93. The number of thiophene rings is 1. The Morgan fingerprint density at radius 3 is 2.67 bits per heavy atom. The van der Waals surface area contributed by atoms with Crippen LogP contribution in [0.25, 0.3) is 0 Å². The average Bonchev–Trinajstić information content (AvgIpc) is 3.56. The molecular formula is C19H25N3O4S. The van der Waals surface area contributed by atoms with Gasteiger partial charge < -0.3 is 15.4 Å². The summed E-state index contributed by atoms with van der Waals surface area (Å²) in [5.74, 6) is 0.281. The molecule has 0 aromatic carbocycles. The number of carbonyl (C=O) groups is 3. The van der Waals surface area contributed by atoms with E-state index in [0.29, 0.717) is 29.6 Å². The molecule has 0 unspecified atom stereocenters. The third kappa shape index (κ3) is 4.32. The third-order valence-corrected chi connectivity index (χ3v) is 6.58. The summed E-state index contributed by atoms with van der Waals surface area (Å²) in [5.41, 5.74) is 1.52. The minimum absolute atomic E-state index is 0.0104. The second-order valence-electron chi connectivity index (χ2n) is 7.66. The van der Waals surface area contributed by atoms with Gasteiger partial charge in [-0.15, -0.1) is 11.3 Å². The lowest BCUT2D eigenvalue weighted by Crippen LogP contribution is -2.36. The first-order chi connectivity index (χ1) is 13.0. The molecule has 2 heterocycles. The van der Waals surface area contributed by atoms with Gasteiger partial charge in [-0.05, 0) is 43.6 Å². The first kappa shape index (κ1) is 18.4. The first-order valence-electron chi connectivity index (χ1n) is 9.58. The van der Waals surface area contributed by atoms with E-state index in [1.165, 1.54) is 31.3 Å². The number of hydrogen-bond donors (Lipinski definition) is 2. The van der Waals surface area contributed by atoms with Gasteiger partial charge in [-0.2, -0.15) is 0 Å². The molecule has 2 amide bonds. The molecule has 4 rings (SSSR count). The van der Waals surface area contributed by atoms with Crippen molar-refractivity contribution in [2.75, 3.05) is 32.1 Å². The van der Waals surface area contributed by atoms with E-state index in [1.807, 2.05) is 4.90 Å². The number of ether oxygens (including phenoxy) is 1. The molecule has 0 bridgehead atoms. The van der Waals surface area contributed by atoms with Gasteiger partial charge in [0.15, 0.2) is 0 Å². The van der Waals surface area contributed by atoms with Gasteiger partial charge in [0.25, 0.3) is 5.91 Å². The van der Waals surface area contributed by atoms with Crippen LogP contribution in [0.3, 0.4) is 0 Å². The quantitative estimate of drug-likeness (QED) is 0.692. The normalized spacial score (nSPS) is 19.3. The van der Waals surface area contributed by atoms with E-state index in [1.54, 1.807) is 0 Å². The second kappa shape index (κ2) is 7.59. The maximum absolute atomic E-state index is 12.9. The fourth-order valence-corrected chi connectivity index (χ4v) is 4.56. The first-order valence-corrected chi connectivity index (χ1v) is 10.4. The Labute approximate surface area is 162 Å². The highest BCUT2D eigenvalue weighted by Crippen LogP contribution is 2.39. The molecule has 2 N–H and O–H groups in total. The maximum Gasteiger partial charge on any atom is 0.319 e. The second-order valence-corrected chi connectivity index (χ2v) is 8.77. The van der Waals surface area contributed by atoms with Crippen molar-refractivity contribution in [1.29, 1.82) is 0 Å². The van der Waals surface area contributed by atoms with Crippen molar-refractivity contribution in [3.05, 3.63) is 16.0 Å². The Morgan fingerprint density at radius 2 is 2.00 bits per heavy atom. The zero-order valence-corrected chi connectivity index (χ0v) is 16.3. The van der Waals surface area contributed by atoms with Crippen molar-refractivity contribution < 1.29 is 19.1 Å². The van der Waals surface area contributed by atoms with Crippen molar-refractivity contribution in [3.8, 4) is 0 Å². The van der Waals surface area contributed by atoms with E-state index in [0.717, 1.165) is 36.2 Å². The molecule has 146 valence electrons. The van der Waals surface area contributed by atoms with Crippen molar-refractivity contribution >= 4 is 34.1 Å². The van der Waals surface area contributed by atoms with Gasteiger partial charge in [0.2, 0.25) is 5.91 Å². The lowest BCUT2D eigenvalue weighted by Gasteiger charge is -2.26. The molecule has 2 saturated carbocycles. The molecule has 7 nitrogen and oxygen atoms in total. The number of nitrogens with zero attached hydrogens (tertiary/aromatic N) is 1. The standard InChI is InChI=1S/C19H25N3O4S/c1-26-15(23)10-22-7-6-14-13(9-22)16(18(25)20-8-11-2-3-11)19(27-14)21-17(24)12-4-5-12/h11-12H,2-10H2,1H3,(H,20,25)(H,21,24). The zero-order valence-electron chi connectivity index (χ0n) is 15.5. The molecule has 1 aromatic heterocycles. The topological polar surface area (TPSA) is 87.7 Å². The molecular weight excluding hydrogens is 366 g/mol. The molecule has 3 aliphatic rings. The van der Waals surface area contributed by atoms with Crippen LogP contribution in [-0.4, -0.2) is 49.4 Å². The lowest BCUT2D eigenvalue weighted by molar-refractivity contribution is -0.142. The largest absolute Gasteiger partial charge is 0.468 e. The molecule has 1 aliphatic heterocycles. The van der Waals surface area contributed by atoms with Gasteiger partial charge in [0, 0.05) is 30.4 Å². The van der Waals surface area contributed by atoms with Crippen LogP contribution in [-0.2, 0) is 27.3 Å². The van der Waals surface area contributed by atoms with Gasteiger partial charge in [0.1, 0.15) is 5.00 Å². The number of methoxy groups -OCH3 is 1. The fourth-order valence-electron chi connectivity index (χ4n) is 3.36. The molecule has 0 atom stereocenters. The summed E-state index contributed by atoms with van der Waals surface area (Å²) >= 11 is 1.50. The molecule has 27 heavy (non-hydrogen) atoms. The smallest absolute Gasteiger partial charge is 0.319 e. The summed E-state index contributed by atoms with van der Waals surface area (Å²) in [6.07, 6.45) is 4.94. The van der Waals surface area contributed by atoms with Crippen LogP contribution in [0.4, 0.5) is 5.00 Å². The highest BCUT2D eigenvalue weighted by atomic mass is 32.1. The SMILES string of the molecule is COC(=O)CN1CCc2sc(NC(=O)C3CC3)c(C(=O)NCC3CC3)c2C1. The Balaban J connectivity index is 1.56. The van der Waals surface area contributed by atoms with E-state index < -0.39 is 0 Å². The van der Waals surface area contributed by atoms with Gasteiger partial charge in [-0.25, -0.2) is 0 Å². The molecule has 0 spiro atoms. The number of amides is 2. The summed E-state index contributed by atoms with van der Waals surface area (Å²) in [4.78, 5) is 39.9. The average molecular weight is 391 g/mol. The summed E-state index contributed by atoms with van der Waals surface area (Å²) in [6.45, 7) is 2.15. The zero-order chi connectivity index (χ0) is 19.0. The van der Waals surface area contributed by atoms with Gasteiger partial charge in [-0.3, -0.25) is 19.3 Å². The molecule has 8 heteroatoms. The fraction of sp³-hybridized carbons (Fsp3) is 0.632. The van der Waals surface area contributed by atoms with Crippen molar-refractivity contribution in [3.63, 3.8) is 0 Å². The lowest BCUT2D eigenvalue weighted by atomic mass is 10.0. The van der Waals surface area contributed by atoms with Gasteiger partial charge in [0.05, 0.1) is 19.2 Å². The number of esters is 1. The number of nitrogens with one attached hydrogen (secondary N) is 2. The molecule has 2 fully saturated rings. The Bertz CT molecular complexity index is 767. The summed E-state index contributed by atoms with van der Waals surface area (Å²) in [6, 6.07) is 0. The van der Waals surface area contributed by atoms with Crippen molar-refractivity contribution in [1.82, 2.24) is 10.2 Å². The highest BCUT2D eigenvalue weighted by molar-refractivity contribution is 7.17. The van der Waals surface area contributed by atoms with E-state index in [-0.39, 0.29) is 30.2 Å². The number of fused-ring (bicyclic) bond motifs is 1. The highest BCUT2D eigenvalue weighted by Gasteiger charge is 2.34. The number of carbonyl (C=O) groups excluding carboxylic acids is 3. The molecule has 0 saturated heterocycles. The van der Waals surface area contributed by atoms with E-state index in [9.17, 15) is 14.4 Å². The Kier molecular flexibility index (Phi) is 5.19. The maximum atomic E-state index is 12.9. The summed E-state index contributed by atoms with van der Waals surface area (Å²) < 4.78 is 4.77. The monoisotopic (exact) mass is 391 g/mol. The van der Waals surface area contributed by atoms with E-state index in [4.69, 9.17) is 4.74 Å². The van der Waals surface area contributed by atoms with Crippen LogP contribution in [0.15, 0.2) is 0 Å². The van der Waals surface area contributed by atoms with Gasteiger partial charge >= 0.3 is 5.97 Å². The molecule has 0 radical (unpaired) electrons. The minimum Gasteiger partial charge on any atom is -0.468 e. The number of hydrogen-bond acceptors (Lipinski definition) is 6. The Morgan fingerprint density at radius 1 is 1.22 bits per heavy atom. The van der Waals surface area contributed by atoms with Crippen LogP contribution in [0.2, 0.25) is 0 Å². The van der Waals surface area contributed by atoms with E-state index >= 15 is 0 Å². The summed E-state index contributed by atoms with van der Waals surface area (Å²) in [5, 5.41) is 6.68. The van der Waals surface area contributed by atoms with Crippen molar-refractivity contribution in [2.45, 2.75) is 38.6 Å². The predicted molar refractivity (Wildman–Crippen MR) is 102 cm³/mol. The van der Waals surface area contributed by atoms with Crippen LogP contribution < -0.4 is 10.6 Å². The van der Waals surface area contributed by atoms with E-state index in [2.05, 4.69) is 10.6 Å². The minimum atomic E-state index is -0.282. The molecule has 2 aliphatic carbocycles. The third-order valence-electron chi connectivity index (χ3n) is 5.37. The number of rotatable bonds is 7. The van der Waals surface area contributed by atoms with Crippen LogP contribution in [0.1, 0.15) is 46.5 Å². The van der Waals surface area contributed by atoms with Crippen LogP contribution >= 0.6 is 11.3 Å². The van der Waals surface area contributed by atoms with Crippen molar-refractivity contribution in [2.24, 2.45) is 11.8 Å². The number of anilines is 1. The van der Waals surface area contributed by atoms with Gasteiger partial charge in [-0.1, -0.05) is 0 Å². The summed E-state index contributed by atoms with van der Waals surface area (Å²) in [7, 11) is 1.38. The molecule has 1 aromatic rings. The van der Waals surface area contributed by atoms with Crippen LogP contribution in [0.5, 0.6) is 0 Å². The van der Waals surface area contributed by atoms with Crippen LogP contribution in [0, 0.1) is 11.8 Å².